The molecular formula is C20H22N4O4. The molecule has 0 heterocycles. The second kappa shape index (κ2) is 11.1. The number of hydrogen-bond donors (Lipinski definition) is 3. The average molecular weight is 382 g/mol. The maximum Gasteiger partial charge on any atom is 0.329 e. The Kier molecular flexibility index (Phi) is 8.19. The minimum Gasteiger partial charge on any atom is -0.484 e. The first kappa shape index (κ1) is 20.6. The van der Waals surface area contributed by atoms with Crippen molar-refractivity contribution in [3.05, 3.63) is 60.2 Å². The number of hydrazone groups is 1. The van der Waals surface area contributed by atoms with Crippen molar-refractivity contribution in [2.24, 2.45) is 5.10 Å². The van der Waals surface area contributed by atoms with E-state index in [2.05, 4.69) is 21.2 Å². The number of para-hydroxylation sites is 1. The minimum absolute atomic E-state index is 0.120. The number of anilines is 1. The lowest BCUT2D eigenvalue weighted by atomic mass is 10.2. The molecule has 146 valence electrons. The highest BCUT2D eigenvalue weighted by molar-refractivity contribution is 6.35. The van der Waals surface area contributed by atoms with E-state index in [0.717, 1.165) is 6.42 Å². The third-order valence-corrected chi connectivity index (χ3v) is 3.43. The van der Waals surface area contributed by atoms with Gasteiger partial charge in [0.2, 0.25) is 0 Å². The number of nitrogens with one attached hydrogen (secondary N) is 3. The van der Waals surface area contributed by atoms with Gasteiger partial charge in [-0.2, -0.15) is 5.10 Å². The fourth-order valence-corrected chi connectivity index (χ4v) is 2.05. The van der Waals surface area contributed by atoms with Gasteiger partial charge in [0.25, 0.3) is 5.91 Å². The molecule has 0 bridgehead atoms. The summed E-state index contributed by atoms with van der Waals surface area (Å²) in [5.41, 5.74) is 3.54. The summed E-state index contributed by atoms with van der Waals surface area (Å²) < 4.78 is 5.43. The second-order valence-corrected chi connectivity index (χ2v) is 5.73. The third-order valence-electron chi connectivity index (χ3n) is 3.43. The van der Waals surface area contributed by atoms with Gasteiger partial charge in [-0.3, -0.25) is 14.4 Å². The van der Waals surface area contributed by atoms with Crippen LogP contribution in [-0.2, 0) is 14.4 Å². The van der Waals surface area contributed by atoms with Gasteiger partial charge in [-0.1, -0.05) is 25.1 Å². The Balaban J connectivity index is 1.75. The standard InChI is InChI=1S/C20H22N4O4/c1-2-12-21-19(26)20(27)24-22-13-15-8-10-17(11-9-15)28-14-18(25)23-16-6-4-3-5-7-16/h3-11,13H,2,12,14H2,1H3,(H,21,26)(H,23,25)(H,24,27)/b22-13-. The maximum atomic E-state index is 11.8. The van der Waals surface area contributed by atoms with Crippen LogP contribution in [0.3, 0.4) is 0 Å². The van der Waals surface area contributed by atoms with Crippen molar-refractivity contribution in [2.75, 3.05) is 18.5 Å². The van der Waals surface area contributed by atoms with Crippen molar-refractivity contribution in [3.63, 3.8) is 0 Å². The topological polar surface area (TPSA) is 109 Å². The third kappa shape index (κ3) is 7.28. The maximum absolute atomic E-state index is 11.8. The molecule has 0 spiro atoms. The fourth-order valence-electron chi connectivity index (χ4n) is 2.05. The smallest absolute Gasteiger partial charge is 0.329 e. The van der Waals surface area contributed by atoms with Gasteiger partial charge >= 0.3 is 11.8 Å². The lowest BCUT2D eigenvalue weighted by Crippen LogP contribution is -2.38. The van der Waals surface area contributed by atoms with Crippen LogP contribution in [0.15, 0.2) is 59.7 Å². The number of benzene rings is 2. The van der Waals surface area contributed by atoms with E-state index in [1.54, 1.807) is 36.4 Å². The molecule has 0 fully saturated rings. The molecule has 2 aromatic carbocycles. The Hall–Kier alpha value is -3.68. The van der Waals surface area contributed by atoms with Crippen molar-refractivity contribution in [1.82, 2.24) is 10.7 Å². The van der Waals surface area contributed by atoms with E-state index >= 15 is 0 Å². The summed E-state index contributed by atoms with van der Waals surface area (Å²) in [5.74, 6) is -1.30. The Morgan fingerprint density at radius 1 is 1.00 bits per heavy atom. The predicted molar refractivity (Wildman–Crippen MR) is 106 cm³/mol. The van der Waals surface area contributed by atoms with Gasteiger partial charge in [-0.05, 0) is 48.4 Å². The lowest BCUT2D eigenvalue weighted by Gasteiger charge is -2.07. The van der Waals surface area contributed by atoms with E-state index in [0.29, 0.717) is 23.5 Å². The van der Waals surface area contributed by atoms with E-state index in [-0.39, 0.29) is 12.5 Å². The molecule has 2 aromatic rings. The summed E-state index contributed by atoms with van der Waals surface area (Å²) in [7, 11) is 0. The molecule has 8 nitrogen and oxygen atoms in total. The van der Waals surface area contributed by atoms with Crippen molar-refractivity contribution in [1.29, 1.82) is 0 Å². The Bertz CT molecular complexity index is 820. The number of carbonyl (C=O) groups is 3. The van der Waals surface area contributed by atoms with Gasteiger partial charge in [0, 0.05) is 12.2 Å². The Labute approximate surface area is 163 Å². The van der Waals surface area contributed by atoms with Crippen LogP contribution in [0.4, 0.5) is 5.69 Å². The highest BCUT2D eigenvalue weighted by atomic mass is 16.5. The summed E-state index contributed by atoms with van der Waals surface area (Å²) in [6.45, 7) is 2.20. The van der Waals surface area contributed by atoms with Gasteiger partial charge in [-0.25, -0.2) is 5.43 Å². The van der Waals surface area contributed by atoms with E-state index < -0.39 is 11.8 Å². The molecular weight excluding hydrogens is 360 g/mol. The van der Waals surface area contributed by atoms with Crippen LogP contribution in [0.25, 0.3) is 0 Å². The van der Waals surface area contributed by atoms with Gasteiger partial charge in [0.15, 0.2) is 6.61 Å². The molecule has 0 aromatic heterocycles. The van der Waals surface area contributed by atoms with Crippen LogP contribution in [-0.4, -0.2) is 37.1 Å². The Morgan fingerprint density at radius 3 is 2.39 bits per heavy atom. The molecule has 8 heteroatoms. The highest BCUT2D eigenvalue weighted by Crippen LogP contribution is 2.11. The minimum atomic E-state index is -0.825. The number of amides is 3. The first-order valence-electron chi connectivity index (χ1n) is 8.77. The van der Waals surface area contributed by atoms with Crippen LogP contribution in [0, 0.1) is 0 Å². The first-order chi connectivity index (χ1) is 13.6. The number of rotatable bonds is 8. The number of carbonyl (C=O) groups excluding carboxylic acids is 3. The van der Waals surface area contributed by atoms with Crippen molar-refractivity contribution < 1.29 is 19.1 Å². The second-order valence-electron chi connectivity index (χ2n) is 5.73. The molecule has 0 aliphatic carbocycles. The molecule has 0 unspecified atom stereocenters. The van der Waals surface area contributed by atoms with Gasteiger partial charge in [0.05, 0.1) is 6.21 Å². The summed E-state index contributed by atoms with van der Waals surface area (Å²) in [6, 6.07) is 15.9. The molecule has 3 N–H and O–H groups in total. The quantitative estimate of drug-likeness (QED) is 0.367. The number of nitrogens with zero attached hydrogens (tertiary/aromatic N) is 1. The van der Waals surface area contributed by atoms with E-state index in [1.807, 2.05) is 25.1 Å². The zero-order valence-electron chi connectivity index (χ0n) is 15.5. The van der Waals surface area contributed by atoms with Crippen LogP contribution in [0.5, 0.6) is 5.75 Å². The van der Waals surface area contributed by atoms with Gasteiger partial charge in [-0.15, -0.1) is 0 Å². The largest absolute Gasteiger partial charge is 0.484 e. The van der Waals surface area contributed by atoms with Gasteiger partial charge < -0.3 is 15.4 Å². The van der Waals surface area contributed by atoms with Crippen LogP contribution < -0.4 is 20.8 Å². The monoisotopic (exact) mass is 382 g/mol. The molecule has 3 amide bonds. The zero-order chi connectivity index (χ0) is 20.2. The van der Waals surface area contributed by atoms with Crippen LogP contribution >= 0.6 is 0 Å². The van der Waals surface area contributed by atoms with E-state index in [4.69, 9.17) is 4.74 Å². The van der Waals surface area contributed by atoms with Crippen LogP contribution in [0.1, 0.15) is 18.9 Å². The highest BCUT2D eigenvalue weighted by Gasteiger charge is 2.10. The average Bonchev–Trinajstić information content (AvgIpc) is 2.72. The van der Waals surface area contributed by atoms with Gasteiger partial charge in [0.1, 0.15) is 5.75 Å². The fraction of sp³-hybridized carbons (Fsp3) is 0.200. The van der Waals surface area contributed by atoms with Crippen molar-refractivity contribution in [2.45, 2.75) is 13.3 Å². The molecule has 0 saturated heterocycles. The molecule has 0 saturated carbocycles. The molecule has 0 aliphatic rings. The first-order valence-corrected chi connectivity index (χ1v) is 8.77. The molecule has 0 atom stereocenters. The SMILES string of the molecule is CCCNC(=O)C(=O)N/N=C\c1ccc(OCC(=O)Nc2ccccc2)cc1. The number of ether oxygens (including phenoxy) is 1. The lowest BCUT2D eigenvalue weighted by molar-refractivity contribution is -0.139. The van der Waals surface area contributed by atoms with E-state index in [1.165, 1.54) is 6.21 Å². The predicted octanol–water partition coefficient (Wildman–Crippen LogP) is 1.68. The summed E-state index contributed by atoms with van der Waals surface area (Å²) in [6.07, 6.45) is 2.14. The molecule has 2 rings (SSSR count). The summed E-state index contributed by atoms with van der Waals surface area (Å²) >= 11 is 0. The van der Waals surface area contributed by atoms with E-state index in [9.17, 15) is 14.4 Å². The zero-order valence-corrected chi connectivity index (χ0v) is 15.5. The van der Waals surface area contributed by atoms with Crippen LogP contribution in [0.2, 0.25) is 0 Å². The summed E-state index contributed by atoms with van der Waals surface area (Å²) in [5, 5.41) is 8.91. The number of hydrogen-bond acceptors (Lipinski definition) is 5. The van der Waals surface area contributed by atoms with Crippen molar-refractivity contribution in [3.8, 4) is 5.75 Å². The van der Waals surface area contributed by atoms with Crippen molar-refractivity contribution >= 4 is 29.6 Å². The molecule has 28 heavy (non-hydrogen) atoms. The molecule has 0 radical (unpaired) electrons. The summed E-state index contributed by atoms with van der Waals surface area (Å²) in [4.78, 5) is 34.7. The normalized spacial score (nSPS) is 10.3. The Morgan fingerprint density at radius 2 is 1.71 bits per heavy atom. The molecule has 0 aliphatic heterocycles.